The Labute approximate surface area is 117 Å². The van der Waals surface area contributed by atoms with Crippen LogP contribution in [0.2, 0.25) is 0 Å². The van der Waals surface area contributed by atoms with Crippen LogP contribution in [0.4, 0.5) is 10.8 Å². The summed E-state index contributed by atoms with van der Waals surface area (Å²) in [6.07, 6.45) is 3.53. The molecule has 0 bridgehead atoms. The van der Waals surface area contributed by atoms with Crippen molar-refractivity contribution in [2.75, 3.05) is 31.7 Å². The van der Waals surface area contributed by atoms with Crippen molar-refractivity contribution in [3.05, 3.63) is 24.5 Å². The summed E-state index contributed by atoms with van der Waals surface area (Å²) in [6, 6.07) is 4.22. The van der Waals surface area contributed by atoms with Crippen LogP contribution in [0.5, 0.6) is 0 Å². The van der Waals surface area contributed by atoms with Gasteiger partial charge in [0.1, 0.15) is 10.8 Å². The van der Waals surface area contributed by atoms with Crippen molar-refractivity contribution in [1.29, 1.82) is 0 Å². The summed E-state index contributed by atoms with van der Waals surface area (Å²) < 4.78 is 4.25. The van der Waals surface area contributed by atoms with E-state index in [-0.39, 0.29) is 0 Å². The second kappa shape index (κ2) is 5.99. The maximum atomic E-state index is 5.98. The maximum Gasteiger partial charge on any atom is 0.147 e. The number of aromatic nitrogens is 2. The van der Waals surface area contributed by atoms with Crippen LogP contribution in [0.1, 0.15) is 6.92 Å². The number of nitrogen functional groups attached to an aromatic ring is 1. The highest BCUT2D eigenvalue weighted by Crippen LogP contribution is 2.36. The lowest BCUT2D eigenvalue weighted by Crippen LogP contribution is -2.29. The van der Waals surface area contributed by atoms with Crippen LogP contribution >= 0.6 is 11.5 Å². The quantitative estimate of drug-likeness (QED) is 0.876. The predicted octanol–water partition coefficient (Wildman–Crippen LogP) is 2.15. The van der Waals surface area contributed by atoms with Gasteiger partial charge in [-0.3, -0.25) is 4.98 Å². The molecule has 19 heavy (non-hydrogen) atoms. The fraction of sp³-hybridized carbons (Fsp3) is 0.385. The lowest BCUT2D eigenvalue weighted by atomic mass is 10.1. The van der Waals surface area contributed by atoms with Gasteiger partial charge in [0.25, 0.3) is 0 Å². The van der Waals surface area contributed by atoms with Crippen molar-refractivity contribution in [3.63, 3.8) is 0 Å². The highest BCUT2D eigenvalue weighted by molar-refractivity contribution is 7.11. The Morgan fingerprint density at radius 3 is 2.68 bits per heavy atom. The van der Waals surface area contributed by atoms with E-state index in [9.17, 15) is 0 Å². The number of nitrogens with two attached hydrogens (primary N) is 1. The monoisotopic (exact) mass is 277 g/mol. The average Bonchev–Trinajstić information content (AvgIpc) is 2.70. The molecule has 0 spiro atoms. The zero-order chi connectivity index (χ0) is 13.8. The molecule has 0 saturated heterocycles. The van der Waals surface area contributed by atoms with Gasteiger partial charge in [0, 0.05) is 25.0 Å². The van der Waals surface area contributed by atoms with Crippen molar-refractivity contribution in [1.82, 2.24) is 14.3 Å². The summed E-state index contributed by atoms with van der Waals surface area (Å²) in [4.78, 5) is 6.18. The Morgan fingerprint density at radius 2 is 2.05 bits per heavy atom. The first-order valence-corrected chi connectivity index (χ1v) is 6.92. The van der Waals surface area contributed by atoms with Crippen LogP contribution in [-0.4, -0.2) is 40.9 Å². The molecule has 102 valence electrons. The number of nitrogens with zero attached hydrogens (tertiary/aromatic N) is 3. The average molecular weight is 277 g/mol. The van der Waals surface area contributed by atoms with Gasteiger partial charge in [-0.1, -0.05) is 0 Å². The van der Waals surface area contributed by atoms with Gasteiger partial charge in [-0.15, -0.1) is 0 Å². The van der Waals surface area contributed by atoms with E-state index >= 15 is 0 Å². The molecule has 0 saturated carbocycles. The largest absolute Gasteiger partial charge is 0.382 e. The SMILES string of the molecule is CC(CN(C)C)Nc1snc(N)c1-c1ccncc1. The second-order valence-electron chi connectivity index (χ2n) is 4.82. The highest BCUT2D eigenvalue weighted by Gasteiger charge is 2.15. The standard InChI is InChI=1S/C13H19N5S/c1-9(8-18(2)3)16-13-11(12(14)17-19-13)10-4-6-15-7-5-10/h4-7,9,16H,8H2,1-3H3,(H2,14,17). The molecule has 1 unspecified atom stereocenters. The maximum absolute atomic E-state index is 5.98. The van der Waals surface area contributed by atoms with Crippen LogP contribution in [0, 0.1) is 0 Å². The molecule has 6 heteroatoms. The molecule has 0 amide bonds. The number of nitrogens with one attached hydrogen (secondary N) is 1. The normalized spacial score (nSPS) is 12.6. The second-order valence-corrected chi connectivity index (χ2v) is 5.59. The minimum absolute atomic E-state index is 0.329. The first-order valence-electron chi connectivity index (χ1n) is 6.14. The van der Waals surface area contributed by atoms with Gasteiger partial charge < -0.3 is 16.0 Å². The molecule has 0 aromatic carbocycles. The summed E-state index contributed by atoms with van der Waals surface area (Å²) in [7, 11) is 4.12. The lowest BCUT2D eigenvalue weighted by Gasteiger charge is -2.19. The van der Waals surface area contributed by atoms with Gasteiger partial charge in [0.05, 0.1) is 5.56 Å². The van der Waals surface area contributed by atoms with Crippen molar-refractivity contribution >= 4 is 22.4 Å². The van der Waals surface area contributed by atoms with Crippen molar-refractivity contribution in [2.24, 2.45) is 0 Å². The van der Waals surface area contributed by atoms with Gasteiger partial charge in [0.2, 0.25) is 0 Å². The Bertz CT molecular complexity index is 523. The van der Waals surface area contributed by atoms with E-state index in [1.807, 2.05) is 12.1 Å². The molecule has 0 aliphatic carbocycles. The molecule has 2 aromatic rings. The summed E-state index contributed by atoms with van der Waals surface area (Å²) in [6.45, 7) is 3.10. The van der Waals surface area contributed by atoms with Gasteiger partial charge in [-0.25, -0.2) is 0 Å². The van der Waals surface area contributed by atoms with Crippen LogP contribution in [-0.2, 0) is 0 Å². The molecule has 1 atom stereocenters. The van der Waals surface area contributed by atoms with Gasteiger partial charge in [-0.05, 0) is 50.2 Å². The summed E-state index contributed by atoms with van der Waals surface area (Å²) in [5.74, 6) is 0.566. The third-order valence-electron chi connectivity index (χ3n) is 2.70. The molecule has 0 aliphatic heterocycles. The van der Waals surface area contributed by atoms with Crippen molar-refractivity contribution < 1.29 is 0 Å². The molecule has 2 rings (SSSR count). The molecule has 2 heterocycles. The third kappa shape index (κ3) is 3.42. The Hall–Kier alpha value is -1.66. The van der Waals surface area contributed by atoms with Gasteiger partial charge >= 0.3 is 0 Å². The number of anilines is 2. The first kappa shape index (κ1) is 13.8. The summed E-state index contributed by atoms with van der Waals surface area (Å²) in [5.41, 5.74) is 7.99. The molecule has 3 N–H and O–H groups in total. The molecule has 2 aromatic heterocycles. The smallest absolute Gasteiger partial charge is 0.147 e. The van der Waals surface area contributed by atoms with E-state index in [2.05, 4.69) is 40.6 Å². The predicted molar refractivity (Wildman–Crippen MR) is 81.4 cm³/mol. The number of hydrogen-bond acceptors (Lipinski definition) is 6. The van der Waals surface area contributed by atoms with Crippen molar-refractivity contribution in [3.8, 4) is 11.1 Å². The van der Waals surface area contributed by atoms with E-state index in [1.165, 1.54) is 11.5 Å². The van der Waals surface area contributed by atoms with E-state index in [1.54, 1.807) is 12.4 Å². The topological polar surface area (TPSA) is 67.1 Å². The van der Waals surface area contributed by atoms with Crippen LogP contribution in [0.25, 0.3) is 11.1 Å². The lowest BCUT2D eigenvalue weighted by molar-refractivity contribution is 0.392. The molecule has 5 nitrogen and oxygen atoms in total. The number of hydrogen-bond donors (Lipinski definition) is 2. The number of pyridine rings is 1. The fourth-order valence-corrected chi connectivity index (χ4v) is 2.86. The highest BCUT2D eigenvalue weighted by atomic mass is 32.1. The van der Waals surface area contributed by atoms with E-state index in [0.29, 0.717) is 11.9 Å². The third-order valence-corrected chi connectivity index (χ3v) is 3.50. The minimum Gasteiger partial charge on any atom is -0.382 e. The zero-order valence-corrected chi connectivity index (χ0v) is 12.2. The van der Waals surface area contributed by atoms with E-state index < -0.39 is 0 Å². The summed E-state index contributed by atoms with van der Waals surface area (Å²) in [5, 5.41) is 4.49. The molecular formula is C13H19N5S. The number of rotatable bonds is 5. The summed E-state index contributed by atoms with van der Waals surface area (Å²) >= 11 is 1.40. The molecular weight excluding hydrogens is 258 g/mol. The van der Waals surface area contributed by atoms with Crippen molar-refractivity contribution in [2.45, 2.75) is 13.0 Å². The fourth-order valence-electron chi connectivity index (χ4n) is 2.02. The minimum atomic E-state index is 0.329. The zero-order valence-electron chi connectivity index (χ0n) is 11.4. The Morgan fingerprint density at radius 1 is 1.37 bits per heavy atom. The van der Waals surface area contributed by atoms with Gasteiger partial charge in [-0.2, -0.15) is 4.37 Å². The van der Waals surface area contributed by atoms with E-state index in [0.717, 1.165) is 22.7 Å². The van der Waals surface area contributed by atoms with Crippen LogP contribution in [0.15, 0.2) is 24.5 Å². The number of likely N-dealkylation sites (N-methyl/N-ethyl adjacent to an activating group) is 1. The molecule has 0 aliphatic rings. The first-order chi connectivity index (χ1) is 9.08. The van der Waals surface area contributed by atoms with Crippen LogP contribution < -0.4 is 11.1 Å². The molecule has 0 radical (unpaired) electrons. The molecule has 0 fully saturated rings. The van der Waals surface area contributed by atoms with E-state index in [4.69, 9.17) is 5.73 Å². The Balaban J connectivity index is 2.23. The Kier molecular flexibility index (Phi) is 4.34. The van der Waals surface area contributed by atoms with Gasteiger partial charge in [0.15, 0.2) is 0 Å². The van der Waals surface area contributed by atoms with Crippen LogP contribution in [0.3, 0.4) is 0 Å².